The Balaban J connectivity index is 1.77. The van der Waals surface area contributed by atoms with Crippen LogP contribution < -0.4 is 5.46 Å². The molecule has 4 heteroatoms. The van der Waals surface area contributed by atoms with Crippen LogP contribution in [0.3, 0.4) is 0 Å². The third-order valence-corrected chi connectivity index (χ3v) is 5.43. The van der Waals surface area contributed by atoms with Crippen molar-refractivity contribution in [2.75, 3.05) is 0 Å². The maximum absolute atomic E-state index is 9.60. The third-order valence-electron chi connectivity index (χ3n) is 5.43. The van der Waals surface area contributed by atoms with Crippen molar-refractivity contribution in [3.63, 3.8) is 0 Å². The molecule has 2 N–H and O–H groups in total. The van der Waals surface area contributed by atoms with Gasteiger partial charge in [0, 0.05) is 16.5 Å². The Labute approximate surface area is 164 Å². The van der Waals surface area contributed by atoms with Gasteiger partial charge in [-0.05, 0) is 53.7 Å². The molecule has 4 aromatic rings. The molecule has 0 saturated carbocycles. The molecule has 0 atom stereocenters. The molecule has 136 valence electrons. The van der Waals surface area contributed by atoms with Crippen molar-refractivity contribution < 1.29 is 10.0 Å². The molecular formula is C24H20BNO2. The first-order valence-corrected chi connectivity index (χ1v) is 9.59. The van der Waals surface area contributed by atoms with E-state index in [1.165, 1.54) is 11.1 Å². The van der Waals surface area contributed by atoms with Gasteiger partial charge in [0.1, 0.15) is 0 Å². The van der Waals surface area contributed by atoms with Gasteiger partial charge in [-0.25, -0.2) is 0 Å². The first kappa shape index (κ1) is 17.1. The fourth-order valence-corrected chi connectivity index (χ4v) is 4.08. The summed E-state index contributed by atoms with van der Waals surface area (Å²) in [6, 6.07) is 22.5. The molecule has 5 rings (SSSR count). The van der Waals surface area contributed by atoms with Crippen LogP contribution in [0.25, 0.3) is 33.1 Å². The monoisotopic (exact) mass is 365 g/mol. The largest absolute Gasteiger partial charge is 0.488 e. The summed E-state index contributed by atoms with van der Waals surface area (Å²) in [4.78, 5) is 0. The molecule has 1 heterocycles. The Hall–Kier alpha value is -3.08. The maximum Gasteiger partial charge on any atom is 0.488 e. The average molecular weight is 365 g/mol. The Morgan fingerprint density at radius 2 is 1.64 bits per heavy atom. The molecule has 0 radical (unpaired) electrons. The van der Waals surface area contributed by atoms with Gasteiger partial charge in [0.25, 0.3) is 0 Å². The van der Waals surface area contributed by atoms with Gasteiger partial charge in [-0.1, -0.05) is 60.7 Å². The number of para-hydroxylation sites is 1. The highest BCUT2D eigenvalue weighted by Gasteiger charge is 2.16. The maximum atomic E-state index is 9.60. The van der Waals surface area contributed by atoms with Crippen molar-refractivity contribution in [1.29, 1.82) is 0 Å². The first-order valence-electron chi connectivity index (χ1n) is 9.59. The fourth-order valence-electron chi connectivity index (χ4n) is 4.08. The van der Waals surface area contributed by atoms with Crippen LogP contribution in [-0.2, 0) is 0 Å². The first-order chi connectivity index (χ1) is 13.7. The molecule has 28 heavy (non-hydrogen) atoms. The van der Waals surface area contributed by atoms with Crippen molar-refractivity contribution in [3.05, 3.63) is 90.5 Å². The highest BCUT2D eigenvalue weighted by atomic mass is 16.4. The fraction of sp³-hybridized carbons (Fsp3) is 0.0833. The van der Waals surface area contributed by atoms with Gasteiger partial charge in [0.15, 0.2) is 0 Å². The molecule has 3 aromatic carbocycles. The van der Waals surface area contributed by atoms with Gasteiger partial charge in [0.2, 0.25) is 0 Å². The van der Waals surface area contributed by atoms with Crippen LogP contribution in [0.5, 0.6) is 0 Å². The van der Waals surface area contributed by atoms with E-state index < -0.39 is 7.12 Å². The van der Waals surface area contributed by atoms with Crippen LogP contribution in [0.4, 0.5) is 0 Å². The molecular weight excluding hydrogens is 345 g/mol. The molecule has 1 aliphatic carbocycles. The van der Waals surface area contributed by atoms with E-state index in [2.05, 4.69) is 59.2 Å². The number of nitrogens with zero attached hydrogens (tertiary/aromatic N) is 1. The smallest absolute Gasteiger partial charge is 0.423 e. The molecule has 0 fully saturated rings. The van der Waals surface area contributed by atoms with E-state index in [0.29, 0.717) is 5.46 Å². The summed E-state index contributed by atoms with van der Waals surface area (Å²) in [7, 11) is -1.47. The molecule has 0 amide bonds. The standard InChI is InChI=1S/C24H20BNO2/c27-25(28)19-13-14-24-22(16-19)21-11-4-5-12-23(21)26(24)20-10-6-9-18(15-20)17-7-2-1-3-8-17/h2,4-16,27-28H,1,3H2. The Morgan fingerprint density at radius 3 is 2.46 bits per heavy atom. The van der Waals surface area contributed by atoms with Crippen molar-refractivity contribution in [3.8, 4) is 5.69 Å². The Kier molecular flexibility index (Phi) is 4.16. The van der Waals surface area contributed by atoms with Crippen LogP contribution in [0.1, 0.15) is 18.4 Å². The van der Waals surface area contributed by atoms with E-state index in [1.54, 1.807) is 6.07 Å². The summed E-state index contributed by atoms with van der Waals surface area (Å²) >= 11 is 0. The summed E-state index contributed by atoms with van der Waals surface area (Å²) in [6.45, 7) is 0. The topological polar surface area (TPSA) is 45.4 Å². The Bertz CT molecular complexity index is 1250. The van der Waals surface area contributed by atoms with Gasteiger partial charge < -0.3 is 14.6 Å². The third kappa shape index (κ3) is 2.78. The minimum Gasteiger partial charge on any atom is -0.423 e. The number of rotatable bonds is 3. The van der Waals surface area contributed by atoms with Crippen molar-refractivity contribution in [2.45, 2.75) is 12.8 Å². The zero-order valence-electron chi connectivity index (χ0n) is 15.4. The lowest BCUT2D eigenvalue weighted by Gasteiger charge is -2.12. The van der Waals surface area contributed by atoms with Gasteiger partial charge in [-0.15, -0.1) is 0 Å². The number of hydrogen-bond acceptors (Lipinski definition) is 2. The predicted octanol–water partition coefficient (Wildman–Crippen LogP) is 4.20. The minimum absolute atomic E-state index is 0.502. The predicted molar refractivity (Wildman–Crippen MR) is 117 cm³/mol. The highest BCUT2D eigenvalue weighted by Crippen LogP contribution is 2.32. The molecule has 0 unspecified atom stereocenters. The number of hydrogen-bond donors (Lipinski definition) is 2. The van der Waals surface area contributed by atoms with Crippen LogP contribution in [0, 0.1) is 0 Å². The molecule has 1 aliphatic rings. The van der Waals surface area contributed by atoms with Crippen molar-refractivity contribution in [1.82, 2.24) is 4.57 Å². The average Bonchev–Trinajstić information content (AvgIpc) is 3.08. The number of benzene rings is 3. The van der Waals surface area contributed by atoms with Gasteiger partial charge in [0.05, 0.1) is 11.0 Å². The van der Waals surface area contributed by atoms with E-state index in [-0.39, 0.29) is 0 Å². The number of aromatic nitrogens is 1. The van der Waals surface area contributed by atoms with Crippen LogP contribution in [-0.4, -0.2) is 21.7 Å². The summed E-state index contributed by atoms with van der Waals surface area (Å²) < 4.78 is 2.24. The lowest BCUT2D eigenvalue weighted by Crippen LogP contribution is -2.29. The summed E-state index contributed by atoms with van der Waals surface area (Å²) in [5.74, 6) is 0. The van der Waals surface area contributed by atoms with Crippen LogP contribution in [0.15, 0.2) is 85.0 Å². The van der Waals surface area contributed by atoms with Crippen molar-refractivity contribution >= 4 is 40.0 Å². The van der Waals surface area contributed by atoms with E-state index in [4.69, 9.17) is 0 Å². The molecule has 0 bridgehead atoms. The summed E-state index contributed by atoms with van der Waals surface area (Å²) in [6.07, 6.45) is 8.90. The van der Waals surface area contributed by atoms with Gasteiger partial charge >= 0.3 is 7.12 Å². The van der Waals surface area contributed by atoms with E-state index in [9.17, 15) is 10.0 Å². The molecule has 0 aliphatic heterocycles. The molecule has 3 nitrogen and oxygen atoms in total. The van der Waals surface area contributed by atoms with E-state index in [1.807, 2.05) is 24.3 Å². The second-order valence-corrected chi connectivity index (χ2v) is 7.19. The second-order valence-electron chi connectivity index (χ2n) is 7.19. The molecule has 0 saturated heterocycles. The van der Waals surface area contributed by atoms with Crippen LogP contribution in [0.2, 0.25) is 0 Å². The van der Waals surface area contributed by atoms with E-state index in [0.717, 1.165) is 40.3 Å². The van der Waals surface area contributed by atoms with E-state index >= 15 is 0 Å². The van der Waals surface area contributed by atoms with Gasteiger partial charge in [-0.3, -0.25) is 0 Å². The quantitative estimate of drug-likeness (QED) is 0.535. The Morgan fingerprint density at radius 1 is 0.786 bits per heavy atom. The number of allylic oxidation sites excluding steroid dienone is 4. The highest BCUT2D eigenvalue weighted by molar-refractivity contribution is 6.59. The molecule has 1 aromatic heterocycles. The zero-order chi connectivity index (χ0) is 19.1. The van der Waals surface area contributed by atoms with Gasteiger partial charge in [-0.2, -0.15) is 0 Å². The summed E-state index contributed by atoms with van der Waals surface area (Å²) in [5.41, 5.74) is 6.23. The lowest BCUT2D eigenvalue weighted by molar-refractivity contribution is 0.426. The second kappa shape index (κ2) is 6.82. The SMILES string of the molecule is OB(O)c1ccc2c(c1)c1ccccc1n2-c1cccc(C2=CCCC=C2)c1. The zero-order valence-corrected chi connectivity index (χ0v) is 15.4. The van der Waals surface area contributed by atoms with Crippen LogP contribution >= 0.6 is 0 Å². The molecule has 0 spiro atoms. The number of fused-ring (bicyclic) bond motifs is 3. The lowest BCUT2D eigenvalue weighted by atomic mass is 9.80. The van der Waals surface area contributed by atoms with Crippen molar-refractivity contribution in [2.24, 2.45) is 0 Å². The normalized spacial score (nSPS) is 13.9. The summed E-state index contributed by atoms with van der Waals surface area (Å²) in [5, 5.41) is 21.3. The minimum atomic E-state index is -1.47.